The van der Waals surface area contributed by atoms with E-state index < -0.39 is 0 Å². The highest BCUT2D eigenvalue weighted by Crippen LogP contribution is 2.30. The van der Waals surface area contributed by atoms with Crippen molar-refractivity contribution in [2.45, 2.75) is 44.6 Å². The Kier molecular flexibility index (Phi) is 2.31. The van der Waals surface area contributed by atoms with E-state index in [-0.39, 0.29) is 6.10 Å². The fraction of sp³-hybridized carbons (Fsp3) is 0.636. The molecule has 1 nitrogen and oxygen atoms in total. The molecule has 0 radical (unpaired) electrons. The molecule has 0 heterocycles. The van der Waals surface area contributed by atoms with Crippen LogP contribution in [0.4, 0.5) is 0 Å². The summed E-state index contributed by atoms with van der Waals surface area (Å²) in [7, 11) is 0. The van der Waals surface area contributed by atoms with Crippen molar-refractivity contribution >= 4 is 0 Å². The van der Waals surface area contributed by atoms with E-state index in [4.69, 9.17) is 0 Å². The zero-order chi connectivity index (χ0) is 8.39. The fourth-order valence-corrected chi connectivity index (χ4v) is 2.11. The second kappa shape index (κ2) is 3.44. The molecule has 0 spiro atoms. The topological polar surface area (TPSA) is 20.2 Å². The van der Waals surface area contributed by atoms with E-state index in [1.165, 1.54) is 18.4 Å². The molecule has 2 aliphatic carbocycles. The highest BCUT2D eigenvalue weighted by molar-refractivity contribution is 5.30. The fourth-order valence-electron chi connectivity index (χ4n) is 2.11. The molecule has 0 aromatic rings. The minimum absolute atomic E-state index is 0.0519. The van der Waals surface area contributed by atoms with Gasteiger partial charge in [-0.1, -0.05) is 17.7 Å². The van der Waals surface area contributed by atoms with Crippen LogP contribution >= 0.6 is 0 Å². The van der Waals surface area contributed by atoms with E-state index in [1.807, 2.05) is 0 Å². The number of aliphatic hydroxyl groups is 1. The summed E-state index contributed by atoms with van der Waals surface area (Å²) in [6, 6.07) is 0. The number of allylic oxidation sites excluding steroid dienone is 4. The summed E-state index contributed by atoms with van der Waals surface area (Å²) in [5, 5.41) is 9.49. The van der Waals surface area contributed by atoms with Gasteiger partial charge in [0.1, 0.15) is 0 Å². The van der Waals surface area contributed by atoms with Gasteiger partial charge >= 0.3 is 0 Å². The molecule has 0 amide bonds. The predicted octanol–water partition coefficient (Wildman–Crippen LogP) is 2.57. The molecule has 66 valence electrons. The van der Waals surface area contributed by atoms with Crippen LogP contribution in [0.25, 0.3) is 0 Å². The molecule has 1 N–H and O–H groups in total. The maximum Gasteiger partial charge on any atom is 0.0546 e. The number of hydrogen-bond donors (Lipinski definition) is 1. The molecule has 0 aromatic carbocycles. The van der Waals surface area contributed by atoms with Crippen molar-refractivity contribution in [3.05, 3.63) is 23.3 Å². The molecular formula is C11H16O. The number of aliphatic hydroxyl groups excluding tert-OH is 1. The lowest BCUT2D eigenvalue weighted by Gasteiger charge is -2.12. The molecule has 12 heavy (non-hydrogen) atoms. The van der Waals surface area contributed by atoms with Gasteiger partial charge in [0.15, 0.2) is 0 Å². The second-order valence-electron chi connectivity index (χ2n) is 3.80. The molecule has 0 aliphatic heterocycles. The van der Waals surface area contributed by atoms with Crippen LogP contribution in [0.3, 0.4) is 0 Å². The van der Waals surface area contributed by atoms with Crippen molar-refractivity contribution in [1.82, 2.24) is 0 Å². The molecule has 2 rings (SSSR count). The smallest absolute Gasteiger partial charge is 0.0546 e. The van der Waals surface area contributed by atoms with E-state index in [1.54, 1.807) is 5.57 Å². The van der Waals surface area contributed by atoms with Gasteiger partial charge in [-0.15, -0.1) is 0 Å². The molecule has 0 saturated heterocycles. The average molecular weight is 164 g/mol. The zero-order valence-electron chi connectivity index (χ0n) is 7.42. The largest absolute Gasteiger partial charge is 0.393 e. The molecule has 0 fully saturated rings. The minimum atomic E-state index is -0.0519. The van der Waals surface area contributed by atoms with Crippen LogP contribution in [0, 0.1) is 0 Å². The van der Waals surface area contributed by atoms with Crippen molar-refractivity contribution in [1.29, 1.82) is 0 Å². The van der Waals surface area contributed by atoms with Crippen LogP contribution in [0.15, 0.2) is 23.3 Å². The first-order valence-electron chi connectivity index (χ1n) is 4.92. The second-order valence-corrected chi connectivity index (χ2v) is 3.80. The monoisotopic (exact) mass is 164 g/mol. The van der Waals surface area contributed by atoms with Crippen LogP contribution in [0.2, 0.25) is 0 Å². The van der Waals surface area contributed by atoms with Crippen molar-refractivity contribution in [2.75, 3.05) is 0 Å². The van der Waals surface area contributed by atoms with Gasteiger partial charge < -0.3 is 5.11 Å². The lowest BCUT2D eigenvalue weighted by Crippen LogP contribution is -2.03. The summed E-state index contributed by atoms with van der Waals surface area (Å²) in [4.78, 5) is 0. The van der Waals surface area contributed by atoms with Crippen LogP contribution in [0.5, 0.6) is 0 Å². The quantitative estimate of drug-likeness (QED) is 0.583. The third-order valence-electron chi connectivity index (χ3n) is 2.91. The predicted molar refractivity (Wildman–Crippen MR) is 49.9 cm³/mol. The number of rotatable bonds is 0. The first kappa shape index (κ1) is 8.06. The molecule has 1 heteroatoms. The standard InChI is InChI=1S/C11H16O/c12-11-7-5-9-3-1-2-4-10(9)6-8-11/h1,3,11-12H,2,4-8H2. The maximum absolute atomic E-state index is 9.49. The van der Waals surface area contributed by atoms with Crippen molar-refractivity contribution in [2.24, 2.45) is 0 Å². The Hall–Kier alpha value is -0.560. The number of hydrogen-bond acceptors (Lipinski definition) is 1. The summed E-state index contributed by atoms with van der Waals surface area (Å²) in [5.41, 5.74) is 3.12. The van der Waals surface area contributed by atoms with Gasteiger partial charge in [-0.25, -0.2) is 0 Å². The Morgan fingerprint density at radius 3 is 2.92 bits per heavy atom. The van der Waals surface area contributed by atoms with Crippen LogP contribution in [0.1, 0.15) is 38.5 Å². The van der Waals surface area contributed by atoms with Crippen molar-refractivity contribution in [3.63, 3.8) is 0 Å². The highest BCUT2D eigenvalue weighted by atomic mass is 16.3. The van der Waals surface area contributed by atoms with E-state index in [0.29, 0.717) is 0 Å². The molecular weight excluding hydrogens is 148 g/mol. The van der Waals surface area contributed by atoms with E-state index in [9.17, 15) is 5.11 Å². The molecule has 0 aromatic heterocycles. The normalized spacial score (nSPS) is 29.9. The van der Waals surface area contributed by atoms with Gasteiger partial charge in [0.25, 0.3) is 0 Å². The van der Waals surface area contributed by atoms with Gasteiger partial charge in [-0.2, -0.15) is 0 Å². The van der Waals surface area contributed by atoms with Gasteiger partial charge in [0.05, 0.1) is 6.10 Å². The Balaban J connectivity index is 2.13. The zero-order valence-corrected chi connectivity index (χ0v) is 7.42. The third kappa shape index (κ3) is 1.61. The van der Waals surface area contributed by atoms with E-state index in [2.05, 4.69) is 12.2 Å². The first-order chi connectivity index (χ1) is 5.86. The van der Waals surface area contributed by atoms with Crippen LogP contribution in [-0.2, 0) is 0 Å². The highest BCUT2D eigenvalue weighted by Gasteiger charge is 2.15. The van der Waals surface area contributed by atoms with Gasteiger partial charge in [0.2, 0.25) is 0 Å². The lowest BCUT2D eigenvalue weighted by atomic mass is 9.94. The SMILES string of the molecule is OC1CCC2=C(CCC=C2)CC1. The summed E-state index contributed by atoms with van der Waals surface area (Å²) < 4.78 is 0. The Bertz CT molecular complexity index is 225. The van der Waals surface area contributed by atoms with Gasteiger partial charge in [-0.3, -0.25) is 0 Å². The van der Waals surface area contributed by atoms with E-state index in [0.717, 1.165) is 25.7 Å². The van der Waals surface area contributed by atoms with Crippen molar-refractivity contribution in [3.8, 4) is 0 Å². The molecule has 1 unspecified atom stereocenters. The van der Waals surface area contributed by atoms with Crippen LogP contribution < -0.4 is 0 Å². The molecule has 0 saturated carbocycles. The average Bonchev–Trinajstić information content (AvgIpc) is 2.29. The molecule has 0 bridgehead atoms. The van der Waals surface area contributed by atoms with Gasteiger partial charge in [-0.05, 0) is 44.1 Å². The Morgan fingerprint density at radius 2 is 2.00 bits per heavy atom. The Morgan fingerprint density at radius 1 is 1.17 bits per heavy atom. The summed E-state index contributed by atoms with van der Waals surface area (Å²) in [5.74, 6) is 0. The maximum atomic E-state index is 9.49. The minimum Gasteiger partial charge on any atom is -0.393 e. The van der Waals surface area contributed by atoms with Crippen molar-refractivity contribution < 1.29 is 5.11 Å². The first-order valence-corrected chi connectivity index (χ1v) is 4.92. The third-order valence-corrected chi connectivity index (χ3v) is 2.91. The summed E-state index contributed by atoms with van der Waals surface area (Å²) in [6.07, 6.45) is 11.1. The van der Waals surface area contributed by atoms with Crippen LogP contribution in [-0.4, -0.2) is 11.2 Å². The summed E-state index contributed by atoms with van der Waals surface area (Å²) >= 11 is 0. The molecule has 2 aliphatic rings. The molecule has 1 atom stereocenters. The van der Waals surface area contributed by atoms with Gasteiger partial charge in [0, 0.05) is 0 Å². The summed E-state index contributed by atoms with van der Waals surface area (Å²) in [6.45, 7) is 0. The Labute approximate surface area is 73.8 Å². The van der Waals surface area contributed by atoms with E-state index >= 15 is 0 Å². The lowest BCUT2D eigenvalue weighted by molar-refractivity contribution is 0.158.